The molecule has 0 bridgehead atoms. The standard InChI is InChI=1S/C20H26N2O4S/c1-4-26-17-7-5-15(6-8-17)20-21-16(13-27-20)11-18(23)22(12-14(2)3)10-9-19(24)25/h5-8,13-14H,4,9-12H2,1-3H3,(H,24,25). The molecule has 0 aliphatic carbocycles. The van der Waals surface area contributed by atoms with E-state index >= 15 is 0 Å². The molecule has 146 valence electrons. The summed E-state index contributed by atoms with van der Waals surface area (Å²) in [7, 11) is 0. The van der Waals surface area contributed by atoms with E-state index in [1.165, 1.54) is 11.3 Å². The summed E-state index contributed by atoms with van der Waals surface area (Å²) in [6, 6.07) is 7.71. The highest BCUT2D eigenvalue weighted by atomic mass is 32.1. The predicted octanol–water partition coefficient (Wildman–Crippen LogP) is 3.71. The third-order valence-electron chi connectivity index (χ3n) is 3.83. The van der Waals surface area contributed by atoms with E-state index in [1.54, 1.807) is 4.90 Å². The summed E-state index contributed by atoms with van der Waals surface area (Å²) in [6.07, 6.45) is 0.132. The van der Waals surface area contributed by atoms with Gasteiger partial charge in [-0.3, -0.25) is 9.59 Å². The van der Waals surface area contributed by atoms with Crippen molar-refractivity contribution in [2.24, 2.45) is 5.92 Å². The molecule has 0 aliphatic heterocycles. The first-order valence-corrected chi connectivity index (χ1v) is 9.94. The Morgan fingerprint density at radius 3 is 2.56 bits per heavy atom. The van der Waals surface area contributed by atoms with Crippen molar-refractivity contribution >= 4 is 23.2 Å². The van der Waals surface area contributed by atoms with Gasteiger partial charge in [-0.05, 0) is 37.1 Å². The van der Waals surface area contributed by atoms with Crippen molar-refractivity contribution < 1.29 is 19.4 Å². The van der Waals surface area contributed by atoms with Gasteiger partial charge in [0.05, 0.1) is 25.1 Å². The zero-order chi connectivity index (χ0) is 19.8. The molecule has 27 heavy (non-hydrogen) atoms. The average Bonchev–Trinajstić information content (AvgIpc) is 3.07. The van der Waals surface area contributed by atoms with Gasteiger partial charge in [0.2, 0.25) is 5.91 Å². The van der Waals surface area contributed by atoms with Gasteiger partial charge < -0.3 is 14.7 Å². The van der Waals surface area contributed by atoms with E-state index in [0.717, 1.165) is 16.3 Å². The Hall–Kier alpha value is -2.41. The van der Waals surface area contributed by atoms with Crippen LogP contribution in [0.2, 0.25) is 0 Å². The number of carboxylic acids is 1. The van der Waals surface area contributed by atoms with E-state index in [2.05, 4.69) is 4.98 Å². The van der Waals surface area contributed by atoms with Crippen molar-refractivity contribution in [3.8, 4) is 16.3 Å². The van der Waals surface area contributed by atoms with Crippen molar-refractivity contribution in [1.82, 2.24) is 9.88 Å². The summed E-state index contributed by atoms with van der Waals surface area (Å²) in [5.41, 5.74) is 1.69. The second-order valence-electron chi connectivity index (χ2n) is 6.66. The zero-order valence-corrected chi connectivity index (χ0v) is 16.8. The molecule has 6 nitrogen and oxygen atoms in total. The summed E-state index contributed by atoms with van der Waals surface area (Å²) < 4.78 is 5.44. The van der Waals surface area contributed by atoms with Crippen LogP contribution in [0.25, 0.3) is 10.6 Å². The Morgan fingerprint density at radius 2 is 1.96 bits per heavy atom. The quantitative estimate of drug-likeness (QED) is 0.669. The molecule has 1 amide bonds. The first-order chi connectivity index (χ1) is 12.9. The molecule has 1 N–H and O–H groups in total. The van der Waals surface area contributed by atoms with E-state index < -0.39 is 5.97 Å². The van der Waals surface area contributed by atoms with Crippen LogP contribution in [-0.2, 0) is 16.0 Å². The highest BCUT2D eigenvalue weighted by molar-refractivity contribution is 7.13. The number of benzene rings is 1. The Bertz CT molecular complexity index is 756. The van der Waals surface area contributed by atoms with Crippen LogP contribution in [0.3, 0.4) is 0 Å². The molecule has 1 aromatic carbocycles. The number of nitrogens with zero attached hydrogens (tertiary/aromatic N) is 2. The van der Waals surface area contributed by atoms with E-state index in [-0.39, 0.29) is 31.2 Å². The van der Waals surface area contributed by atoms with Gasteiger partial charge in [0.15, 0.2) is 0 Å². The fourth-order valence-corrected chi connectivity index (χ4v) is 3.46. The number of carbonyl (C=O) groups is 2. The predicted molar refractivity (Wildman–Crippen MR) is 106 cm³/mol. The number of rotatable bonds is 10. The Kier molecular flexibility index (Phi) is 7.79. The Labute approximate surface area is 163 Å². The number of hydrogen-bond donors (Lipinski definition) is 1. The number of aromatic nitrogens is 1. The van der Waals surface area contributed by atoms with Gasteiger partial charge >= 0.3 is 5.97 Å². The fourth-order valence-electron chi connectivity index (χ4n) is 2.64. The lowest BCUT2D eigenvalue weighted by molar-refractivity contribution is -0.138. The summed E-state index contributed by atoms with van der Waals surface area (Å²) in [5.74, 6) is 0.102. The topological polar surface area (TPSA) is 79.7 Å². The molecule has 0 fully saturated rings. The van der Waals surface area contributed by atoms with Crippen LogP contribution >= 0.6 is 11.3 Å². The lowest BCUT2D eigenvalue weighted by Gasteiger charge is -2.23. The third kappa shape index (κ3) is 6.67. The highest BCUT2D eigenvalue weighted by Gasteiger charge is 2.18. The number of thiazole rings is 1. The van der Waals surface area contributed by atoms with Crippen molar-refractivity contribution in [2.45, 2.75) is 33.6 Å². The van der Waals surface area contributed by atoms with E-state index in [0.29, 0.717) is 18.8 Å². The maximum absolute atomic E-state index is 12.6. The first-order valence-electron chi connectivity index (χ1n) is 9.06. The zero-order valence-electron chi connectivity index (χ0n) is 16.0. The minimum absolute atomic E-state index is 0.0487. The molecule has 0 atom stereocenters. The minimum atomic E-state index is -0.900. The van der Waals surface area contributed by atoms with Crippen molar-refractivity contribution in [2.75, 3.05) is 19.7 Å². The molecule has 0 saturated carbocycles. The van der Waals surface area contributed by atoms with Gasteiger partial charge in [0, 0.05) is 24.0 Å². The van der Waals surface area contributed by atoms with E-state index in [9.17, 15) is 9.59 Å². The number of carbonyl (C=O) groups excluding carboxylic acids is 1. The molecule has 0 spiro atoms. The maximum Gasteiger partial charge on any atom is 0.305 e. The summed E-state index contributed by atoms with van der Waals surface area (Å²) in [4.78, 5) is 29.6. The number of amides is 1. The molecule has 7 heteroatoms. The molecule has 2 aromatic rings. The van der Waals surface area contributed by atoms with Gasteiger partial charge in [-0.1, -0.05) is 13.8 Å². The van der Waals surface area contributed by atoms with Crippen LogP contribution in [0.15, 0.2) is 29.6 Å². The van der Waals surface area contributed by atoms with Crippen LogP contribution in [0, 0.1) is 5.92 Å². The lowest BCUT2D eigenvalue weighted by atomic mass is 10.2. The molecule has 2 rings (SSSR count). The number of hydrogen-bond acceptors (Lipinski definition) is 5. The summed E-state index contributed by atoms with van der Waals surface area (Å²) in [6.45, 7) is 7.35. The van der Waals surface area contributed by atoms with Crippen LogP contribution in [-0.4, -0.2) is 46.6 Å². The van der Waals surface area contributed by atoms with E-state index in [4.69, 9.17) is 9.84 Å². The van der Waals surface area contributed by atoms with Crippen molar-refractivity contribution in [3.63, 3.8) is 0 Å². The first kappa shape index (κ1) is 20.9. The molecule has 0 radical (unpaired) electrons. The van der Waals surface area contributed by atoms with Crippen LogP contribution in [0.5, 0.6) is 5.75 Å². The van der Waals surface area contributed by atoms with Crippen molar-refractivity contribution in [3.05, 3.63) is 35.3 Å². The molecule has 0 aliphatic rings. The molecule has 0 saturated heterocycles. The second-order valence-corrected chi connectivity index (χ2v) is 7.51. The lowest BCUT2D eigenvalue weighted by Crippen LogP contribution is -2.37. The SMILES string of the molecule is CCOc1ccc(-c2nc(CC(=O)N(CCC(=O)O)CC(C)C)cs2)cc1. The average molecular weight is 391 g/mol. The number of ether oxygens (including phenoxy) is 1. The number of aliphatic carboxylic acids is 1. The normalized spacial score (nSPS) is 10.8. The summed E-state index contributed by atoms with van der Waals surface area (Å²) in [5, 5.41) is 11.6. The monoisotopic (exact) mass is 390 g/mol. The van der Waals surface area contributed by atoms with Crippen LogP contribution < -0.4 is 4.74 Å². The van der Waals surface area contributed by atoms with Gasteiger partial charge in [-0.2, -0.15) is 0 Å². The van der Waals surface area contributed by atoms with Gasteiger partial charge in [0.25, 0.3) is 0 Å². The molecule has 1 heterocycles. The van der Waals surface area contributed by atoms with Gasteiger partial charge in [0.1, 0.15) is 10.8 Å². The maximum atomic E-state index is 12.6. The second kappa shape index (κ2) is 10.1. The smallest absolute Gasteiger partial charge is 0.305 e. The fraction of sp³-hybridized carbons (Fsp3) is 0.450. The van der Waals surface area contributed by atoms with Crippen molar-refractivity contribution in [1.29, 1.82) is 0 Å². The largest absolute Gasteiger partial charge is 0.494 e. The van der Waals surface area contributed by atoms with Gasteiger partial charge in [-0.15, -0.1) is 11.3 Å². The molecule has 0 unspecified atom stereocenters. The molecular formula is C20H26N2O4S. The summed E-state index contributed by atoms with van der Waals surface area (Å²) >= 11 is 1.49. The van der Waals surface area contributed by atoms with Crippen LogP contribution in [0.1, 0.15) is 32.9 Å². The Morgan fingerprint density at radius 1 is 1.26 bits per heavy atom. The highest BCUT2D eigenvalue weighted by Crippen LogP contribution is 2.26. The van der Waals surface area contributed by atoms with E-state index in [1.807, 2.05) is 50.4 Å². The molecule has 1 aromatic heterocycles. The minimum Gasteiger partial charge on any atom is -0.494 e. The van der Waals surface area contributed by atoms with Gasteiger partial charge in [-0.25, -0.2) is 4.98 Å². The Balaban J connectivity index is 2.03. The van der Waals surface area contributed by atoms with Crippen LogP contribution in [0.4, 0.5) is 0 Å². The number of carboxylic acid groups (broad SMARTS) is 1. The third-order valence-corrected chi connectivity index (χ3v) is 4.77. The molecular weight excluding hydrogens is 364 g/mol.